The van der Waals surface area contributed by atoms with E-state index >= 15 is 0 Å². The molecule has 0 aromatic rings. The van der Waals surface area contributed by atoms with Crippen LogP contribution >= 0.6 is 0 Å². The Kier molecular flexibility index (Phi) is 17.7. The average Bonchev–Trinajstić information content (AvgIpc) is 2.33. The molecule has 0 saturated heterocycles. The standard InChI is InChI=1S/C11H19N.C3H4O2/c1-2-3-4-5-6-7-8-9-10-11-12;1-2-3(4)5/h2H,1,3-10H2;2H,1H2,(H,4,5). The Morgan fingerprint density at radius 2 is 1.59 bits per heavy atom. The van der Waals surface area contributed by atoms with Crippen LogP contribution in [0.15, 0.2) is 25.3 Å². The van der Waals surface area contributed by atoms with E-state index in [1.807, 2.05) is 6.08 Å². The molecule has 0 bridgehead atoms. The summed E-state index contributed by atoms with van der Waals surface area (Å²) < 4.78 is 0. The number of carboxylic acid groups (broad SMARTS) is 1. The number of carbonyl (C=O) groups is 1. The van der Waals surface area contributed by atoms with Crippen molar-refractivity contribution in [3.8, 4) is 6.07 Å². The number of hydrogen-bond acceptors (Lipinski definition) is 2. The molecule has 0 aliphatic heterocycles. The molecular weight excluding hydrogens is 214 g/mol. The molecule has 0 amide bonds. The molecule has 0 radical (unpaired) electrons. The third-order valence-corrected chi connectivity index (χ3v) is 2.12. The van der Waals surface area contributed by atoms with Crippen LogP contribution in [-0.4, -0.2) is 11.1 Å². The van der Waals surface area contributed by atoms with Crippen molar-refractivity contribution in [2.45, 2.75) is 51.4 Å². The first-order valence-electron chi connectivity index (χ1n) is 6.02. The van der Waals surface area contributed by atoms with Crippen molar-refractivity contribution in [3.63, 3.8) is 0 Å². The zero-order valence-corrected chi connectivity index (χ0v) is 10.5. The molecule has 0 heterocycles. The van der Waals surface area contributed by atoms with Crippen LogP contribution < -0.4 is 0 Å². The van der Waals surface area contributed by atoms with Gasteiger partial charge in [0.25, 0.3) is 0 Å². The molecule has 3 nitrogen and oxygen atoms in total. The van der Waals surface area contributed by atoms with Gasteiger partial charge < -0.3 is 5.11 Å². The number of nitrogens with zero attached hydrogens (tertiary/aromatic N) is 1. The summed E-state index contributed by atoms with van der Waals surface area (Å²) in [7, 11) is 0. The van der Waals surface area contributed by atoms with Crippen molar-refractivity contribution in [2.24, 2.45) is 0 Å². The minimum absolute atomic E-state index is 0.729. The Bertz CT molecular complexity index is 241. The fraction of sp³-hybridized carbons (Fsp3) is 0.571. The molecule has 0 spiro atoms. The van der Waals surface area contributed by atoms with Crippen LogP contribution in [0, 0.1) is 11.3 Å². The number of aliphatic carboxylic acids is 1. The second-order valence-electron chi connectivity index (χ2n) is 3.65. The number of nitriles is 1. The number of unbranched alkanes of at least 4 members (excludes halogenated alkanes) is 7. The molecule has 0 rings (SSSR count). The van der Waals surface area contributed by atoms with Crippen molar-refractivity contribution in [3.05, 3.63) is 25.3 Å². The Hall–Kier alpha value is -1.56. The highest BCUT2D eigenvalue weighted by molar-refractivity contribution is 5.78. The summed E-state index contributed by atoms with van der Waals surface area (Å²) in [5.41, 5.74) is 0. The summed E-state index contributed by atoms with van der Waals surface area (Å²) in [6, 6.07) is 2.17. The van der Waals surface area contributed by atoms with Crippen LogP contribution in [0.1, 0.15) is 51.4 Å². The number of rotatable bonds is 9. The quantitative estimate of drug-likeness (QED) is 0.373. The first-order valence-corrected chi connectivity index (χ1v) is 6.02. The third-order valence-electron chi connectivity index (χ3n) is 2.12. The summed E-state index contributed by atoms with van der Waals surface area (Å²) in [5.74, 6) is -0.981. The first-order chi connectivity index (χ1) is 8.18. The molecule has 1 N–H and O–H groups in total. The van der Waals surface area contributed by atoms with E-state index in [1.165, 1.54) is 32.1 Å². The summed E-state index contributed by atoms with van der Waals surface area (Å²) >= 11 is 0. The summed E-state index contributed by atoms with van der Waals surface area (Å²) in [4.78, 5) is 9.25. The molecule has 0 saturated carbocycles. The highest BCUT2D eigenvalue weighted by atomic mass is 16.4. The average molecular weight is 237 g/mol. The van der Waals surface area contributed by atoms with Crippen LogP contribution in [0.2, 0.25) is 0 Å². The van der Waals surface area contributed by atoms with E-state index < -0.39 is 5.97 Å². The van der Waals surface area contributed by atoms with E-state index in [2.05, 4.69) is 19.2 Å². The van der Waals surface area contributed by atoms with E-state index in [4.69, 9.17) is 10.4 Å². The van der Waals surface area contributed by atoms with Gasteiger partial charge in [-0.15, -0.1) is 6.58 Å². The van der Waals surface area contributed by atoms with Crippen LogP contribution in [0.4, 0.5) is 0 Å². The molecule has 0 fully saturated rings. The fourth-order valence-corrected chi connectivity index (χ4v) is 1.20. The first kappa shape index (κ1) is 17.8. The Balaban J connectivity index is 0. The van der Waals surface area contributed by atoms with Gasteiger partial charge in [0, 0.05) is 12.5 Å². The lowest BCUT2D eigenvalue weighted by atomic mass is 10.1. The van der Waals surface area contributed by atoms with E-state index in [0.717, 1.165) is 25.3 Å². The third kappa shape index (κ3) is 25.1. The SMILES string of the molecule is C=CC(=O)O.C=CCCCCCCCCC#N. The summed E-state index contributed by atoms with van der Waals surface area (Å²) in [5, 5.41) is 15.9. The largest absolute Gasteiger partial charge is 0.478 e. The zero-order chi connectivity index (χ0) is 13.4. The molecule has 3 heteroatoms. The van der Waals surface area contributed by atoms with E-state index in [9.17, 15) is 4.79 Å². The molecule has 0 aromatic heterocycles. The minimum atomic E-state index is -0.981. The van der Waals surface area contributed by atoms with Crippen molar-refractivity contribution in [2.75, 3.05) is 0 Å². The van der Waals surface area contributed by atoms with Gasteiger partial charge in [-0.25, -0.2) is 4.79 Å². The van der Waals surface area contributed by atoms with Crippen LogP contribution in [0.5, 0.6) is 0 Å². The van der Waals surface area contributed by atoms with Crippen molar-refractivity contribution < 1.29 is 9.90 Å². The predicted octanol–water partition coefficient (Wildman–Crippen LogP) is 4.07. The maximum Gasteiger partial charge on any atom is 0.327 e. The highest BCUT2D eigenvalue weighted by Gasteiger charge is 1.89. The lowest BCUT2D eigenvalue weighted by Gasteiger charge is -1.97. The number of carboxylic acids is 1. The topological polar surface area (TPSA) is 61.1 Å². The summed E-state index contributed by atoms with van der Waals surface area (Å²) in [6.45, 7) is 6.64. The monoisotopic (exact) mass is 237 g/mol. The lowest BCUT2D eigenvalue weighted by molar-refractivity contribution is -0.131. The van der Waals surface area contributed by atoms with Crippen molar-refractivity contribution in [1.82, 2.24) is 0 Å². The van der Waals surface area contributed by atoms with Gasteiger partial charge in [-0.05, 0) is 19.3 Å². The smallest absolute Gasteiger partial charge is 0.327 e. The van der Waals surface area contributed by atoms with E-state index in [-0.39, 0.29) is 0 Å². The van der Waals surface area contributed by atoms with Crippen LogP contribution in [-0.2, 0) is 4.79 Å². The molecule has 0 aliphatic rings. The minimum Gasteiger partial charge on any atom is -0.478 e. The van der Waals surface area contributed by atoms with Crippen LogP contribution in [0.3, 0.4) is 0 Å². The molecular formula is C14H23NO2. The Morgan fingerprint density at radius 1 is 1.12 bits per heavy atom. The van der Waals surface area contributed by atoms with Gasteiger partial charge in [-0.2, -0.15) is 5.26 Å². The second kappa shape index (κ2) is 16.9. The number of hydrogen-bond donors (Lipinski definition) is 1. The molecule has 17 heavy (non-hydrogen) atoms. The zero-order valence-electron chi connectivity index (χ0n) is 10.5. The number of allylic oxidation sites excluding steroid dienone is 1. The van der Waals surface area contributed by atoms with Gasteiger partial charge in [0.05, 0.1) is 6.07 Å². The molecule has 0 aliphatic carbocycles. The van der Waals surface area contributed by atoms with E-state index in [1.54, 1.807) is 0 Å². The van der Waals surface area contributed by atoms with Gasteiger partial charge in [0.15, 0.2) is 0 Å². The highest BCUT2D eigenvalue weighted by Crippen LogP contribution is 2.08. The van der Waals surface area contributed by atoms with E-state index in [0.29, 0.717) is 0 Å². The molecule has 0 unspecified atom stereocenters. The van der Waals surface area contributed by atoms with Gasteiger partial charge in [0.2, 0.25) is 0 Å². The Labute approximate surface area is 104 Å². The Morgan fingerprint density at radius 3 is 2.00 bits per heavy atom. The second-order valence-corrected chi connectivity index (χ2v) is 3.65. The maximum absolute atomic E-state index is 9.25. The summed E-state index contributed by atoms with van der Waals surface area (Å²) in [6.07, 6.45) is 12.2. The van der Waals surface area contributed by atoms with Gasteiger partial charge in [-0.3, -0.25) is 0 Å². The predicted molar refractivity (Wildman–Crippen MR) is 70.6 cm³/mol. The normalized spacial score (nSPS) is 8.41. The maximum atomic E-state index is 9.25. The molecule has 0 atom stereocenters. The van der Waals surface area contributed by atoms with Crippen molar-refractivity contribution in [1.29, 1.82) is 5.26 Å². The van der Waals surface area contributed by atoms with Crippen LogP contribution in [0.25, 0.3) is 0 Å². The fourth-order valence-electron chi connectivity index (χ4n) is 1.20. The lowest BCUT2D eigenvalue weighted by Crippen LogP contribution is -1.82. The van der Waals surface area contributed by atoms with Crippen molar-refractivity contribution >= 4 is 5.97 Å². The van der Waals surface area contributed by atoms with Gasteiger partial charge in [0.1, 0.15) is 0 Å². The van der Waals surface area contributed by atoms with Gasteiger partial charge in [-0.1, -0.05) is 38.3 Å². The molecule has 0 aromatic carbocycles. The molecule has 96 valence electrons. The van der Waals surface area contributed by atoms with Gasteiger partial charge >= 0.3 is 5.97 Å².